The summed E-state index contributed by atoms with van der Waals surface area (Å²) < 4.78 is 18.6. The van der Waals surface area contributed by atoms with E-state index >= 15 is 0 Å². The molecule has 2 rings (SSSR count). The zero-order valence-corrected chi connectivity index (χ0v) is 9.29. The largest absolute Gasteiger partial charge is 0.485 e. The van der Waals surface area contributed by atoms with Gasteiger partial charge in [-0.2, -0.15) is 0 Å². The van der Waals surface area contributed by atoms with Gasteiger partial charge in [-0.3, -0.25) is 0 Å². The fraction of sp³-hybridized carbons (Fsp3) is 0.538. The Bertz CT molecular complexity index is 328. The van der Waals surface area contributed by atoms with Gasteiger partial charge < -0.3 is 9.84 Å². The second-order valence-electron chi connectivity index (χ2n) is 4.46. The molecule has 16 heavy (non-hydrogen) atoms. The van der Waals surface area contributed by atoms with Gasteiger partial charge >= 0.3 is 0 Å². The number of aliphatic hydroxyl groups is 1. The van der Waals surface area contributed by atoms with E-state index in [2.05, 4.69) is 0 Å². The fourth-order valence-corrected chi connectivity index (χ4v) is 2.24. The standard InChI is InChI=1S/C13H17FO2/c14-11-4-6-12(7-5-11)16-13(10-15)8-2-1-3-9-13/h4-7,15H,1-3,8-10H2. The molecule has 3 heteroatoms. The third kappa shape index (κ3) is 2.53. The van der Waals surface area contributed by atoms with Crippen LogP contribution in [0.15, 0.2) is 24.3 Å². The molecule has 0 aliphatic heterocycles. The van der Waals surface area contributed by atoms with Crippen molar-refractivity contribution in [3.8, 4) is 5.75 Å². The van der Waals surface area contributed by atoms with Gasteiger partial charge in [0.25, 0.3) is 0 Å². The van der Waals surface area contributed by atoms with Crippen LogP contribution in [0, 0.1) is 5.82 Å². The molecule has 0 aromatic heterocycles. The number of hydrogen-bond donors (Lipinski definition) is 1. The molecule has 2 nitrogen and oxygen atoms in total. The zero-order valence-electron chi connectivity index (χ0n) is 9.29. The first-order valence-electron chi connectivity index (χ1n) is 5.80. The number of ether oxygens (including phenoxy) is 1. The van der Waals surface area contributed by atoms with Crippen molar-refractivity contribution in [2.24, 2.45) is 0 Å². The SMILES string of the molecule is OCC1(Oc2ccc(F)cc2)CCCCC1. The lowest BCUT2D eigenvalue weighted by atomic mass is 9.85. The topological polar surface area (TPSA) is 29.5 Å². The minimum atomic E-state index is -0.448. The molecule has 0 saturated heterocycles. The first kappa shape index (κ1) is 11.4. The third-order valence-electron chi connectivity index (χ3n) is 3.20. The van der Waals surface area contributed by atoms with Gasteiger partial charge in [0.1, 0.15) is 17.2 Å². The number of rotatable bonds is 3. The van der Waals surface area contributed by atoms with Gasteiger partial charge in [-0.15, -0.1) is 0 Å². The van der Waals surface area contributed by atoms with Crippen LogP contribution in [0.25, 0.3) is 0 Å². The van der Waals surface area contributed by atoms with Gasteiger partial charge in [-0.25, -0.2) is 4.39 Å². The molecule has 1 saturated carbocycles. The first-order chi connectivity index (χ1) is 7.74. The first-order valence-corrected chi connectivity index (χ1v) is 5.80. The zero-order chi connectivity index (χ0) is 11.4. The highest BCUT2D eigenvalue weighted by molar-refractivity contribution is 5.23. The highest BCUT2D eigenvalue weighted by Crippen LogP contribution is 2.32. The van der Waals surface area contributed by atoms with E-state index in [1.807, 2.05) is 0 Å². The number of benzene rings is 1. The van der Waals surface area contributed by atoms with Crippen LogP contribution in [0.2, 0.25) is 0 Å². The van der Waals surface area contributed by atoms with E-state index in [1.54, 1.807) is 12.1 Å². The molecule has 1 aromatic carbocycles. The van der Waals surface area contributed by atoms with Crippen molar-refractivity contribution >= 4 is 0 Å². The molecule has 0 heterocycles. The van der Waals surface area contributed by atoms with Crippen molar-refractivity contribution in [2.45, 2.75) is 37.7 Å². The lowest BCUT2D eigenvalue weighted by molar-refractivity contribution is -0.0198. The second kappa shape index (κ2) is 4.83. The molecule has 0 atom stereocenters. The smallest absolute Gasteiger partial charge is 0.132 e. The molecule has 1 aliphatic rings. The van der Waals surface area contributed by atoms with E-state index in [0.29, 0.717) is 5.75 Å². The van der Waals surface area contributed by atoms with Crippen LogP contribution in [0.4, 0.5) is 4.39 Å². The van der Waals surface area contributed by atoms with Crippen molar-refractivity contribution in [1.82, 2.24) is 0 Å². The summed E-state index contributed by atoms with van der Waals surface area (Å²) in [6, 6.07) is 5.98. The Hall–Kier alpha value is -1.09. The van der Waals surface area contributed by atoms with Crippen molar-refractivity contribution in [3.63, 3.8) is 0 Å². The minimum Gasteiger partial charge on any atom is -0.485 e. The van der Waals surface area contributed by atoms with Crippen molar-refractivity contribution in [3.05, 3.63) is 30.1 Å². The summed E-state index contributed by atoms with van der Waals surface area (Å²) in [6.07, 6.45) is 5.12. The highest BCUT2D eigenvalue weighted by atomic mass is 19.1. The van der Waals surface area contributed by atoms with Gasteiger partial charge in [0.2, 0.25) is 0 Å². The van der Waals surface area contributed by atoms with Crippen LogP contribution >= 0.6 is 0 Å². The molecule has 1 fully saturated rings. The molecule has 1 N–H and O–H groups in total. The summed E-state index contributed by atoms with van der Waals surface area (Å²) >= 11 is 0. The van der Waals surface area contributed by atoms with Gasteiger partial charge in [0.15, 0.2) is 0 Å². The summed E-state index contributed by atoms with van der Waals surface area (Å²) in [5.74, 6) is 0.367. The van der Waals surface area contributed by atoms with Crippen LogP contribution in [0.3, 0.4) is 0 Å². The monoisotopic (exact) mass is 224 g/mol. The second-order valence-corrected chi connectivity index (χ2v) is 4.46. The van der Waals surface area contributed by atoms with Crippen LogP contribution < -0.4 is 4.74 Å². The molecule has 0 amide bonds. The molecule has 0 spiro atoms. The lowest BCUT2D eigenvalue weighted by Gasteiger charge is -2.36. The molecular formula is C13H17FO2. The number of aliphatic hydroxyl groups excluding tert-OH is 1. The Morgan fingerprint density at radius 3 is 2.31 bits per heavy atom. The predicted octanol–water partition coefficient (Wildman–Crippen LogP) is 2.90. The van der Waals surface area contributed by atoms with E-state index in [9.17, 15) is 9.50 Å². The molecule has 0 unspecified atom stereocenters. The van der Waals surface area contributed by atoms with E-state index in [4.69, 9.17) is 4.74 Å². The maximum absolute atomic E-state index is 12.7. The Kier molecular flexibility index (Phi) is 3.44. The van der Waals surface area contributed by atoms with Gasteiger partial charge in [0.05, 0.1) is 6.61 Å². The summed E-state index contributed by atoms with van der Waals surface area (Å²) in [4.78, 5) is 0. The van der Waals surface area contributed by atoms with Crippen LogP contribution in [-0.4, -0.2) is 17.3 Å². The number of halogens is 1. The minimum absolute atomic E-state index is 0.0321. The third-order valence-corrected chi connectivity index (χ3v) is 3.20. The Balaban J connectivity index is 2.08. The molecule has 1 aliphatic carbocycles. The summed E-state index contributed by atoms with van der Waals surface area (Å²) in [5, 5.41) is 9.46. The molecular weight excluding hydrogens is 207 g/mol. The molecule has 0 radical (unpaired) electrons. The molecule has 0 bridgehead atoms. The van der Waals surface area contributed by atoms with Gasteiger partial charge in [-0.05, 0) is 49.9 Å². The average molecular weight is 224 g/mol. The quantitative estimate of drug-likeness (QED) is 0.855. The van der Waals surface area contributed by atoms with Crippen molar-refractivity contribution in [2.75, 3.05) is 6.61 Å². The van der Waals surface area contributed by atoms with Gasteiger partial charge in [0, 0.05) is 0 Å². The summed E-state index contributed by atoms with van der Waals surface area (Å²) in [7, 11) is 0. The fourth-order valence-electron chi connectivity index (χ4n) is 2.24. The molecule has 88 valence electrons. The lowest BCUT2D eigenvalue weighted by Crippen LogP contribution is -2.41. The van der Waals surface area contributed by atoms with Crippen LogP contribution in [0.1, 0.15) is 32.1 Å². The summed E-state index contributed by atoms with van der Waals surface area (Å²) in [5.41, 5.74) is -0.448. The maximum atomic E-state index is 12.7. The van der Waals surface area contributed by atoms with E-state index < -0.39 is 5.60 Å². The summed E-state index contributed by atoms with van der Waals surface area (Å²) in [6.45, 7) is 0.0321. The normalized spacial score (nSPS) is 19.4. The van der Waals surface area contributed by atoms with Crippen LogP contribution in [0.5, 0.6) is 5.75 Å². The van der Waals surface area contributed by atoms with Crippen LogP contribution in [-0.2, 0) is 0 Å². The molecule has 1 aromatic rings. The van der Waals surface area contributed by atoms with E-state index in [1.165, 1.54) is 18.6 Å². The predicted molar refractivity (Wildman–Crippen MR) is 59.9 cm³/mol. The average Bonchev–Trinajstić information content (AvgIpc) is 2.33. The maximum Gasteiger partial charge on any atom is 0.132 e. The highest BCUT2D eigenvalue weighted by Gasteiger charge is 2.33. The van der Waals surface area contributed by atoms with Crippen molar-refractivity contribution in [1.29, 1.82) is 0 Å². The van der Waals surface area contributed by atoms with Crippen molar-refractivity contribution < 1.29 is 14.2 Å². The van der Waals surface area contributed by atoms with E-state index in [-0.39, 0.29) is 12.4 Å². The Morgan fingerprint density at radius 1 is 1.12 bits per heavy atom. The Morgan fingerprint density at radius 2 is 1.75 bits per heavy atom. The van der Waals surface area contributed by atoms with E-state index in [0.717, 1.165) is 25.7 Å². The van der Waals surface area contributed by atoms with Gasteiger partial charge in [-0.1, -0.05) is 6.42 Å². The Labute approximate surface area is 95.1 Å². The number of hydrogen-bond acceptors (Lipinski definition) is 2.